The van der Waals surface area contributed by atoms with Crippen molar-refractivity contribution < 1.29 is 9.59 Å². The van der Waals surface area contributed by atoms with Gasteiger partial charge in [0.15, 0.2) is 5.78 Å². The van der Waals surface area contributed by atoms with Crippen molar-refractivity contribution in [3.05, 3.63) is 15.6 Å². The van der Waals surface area contributed by atoms with Crippen LogP contribution in [-0.4, -0.2) is 54.3 Å². The van der Waals surface area contributed by atoms with Gasteiger partial charge in [0.2, 0.25) is 5.78 Å². The predicted octanol–water partition coefficient (Wildman–Crippen LogP) is 1.61. The molecule has 1 aliphatic carbocycles. The van der Waals surface area contributed by atoms with Gasteiger partial charge in [-0.25, -0.2) is 4.98 Å². The van der Waals surface area contributed by atoms with Crippen molar-refractivity contribution in [2.24, 2.45) is 4.99 Å². The molecule has 0 aliphatic heterocycles. The number of hydrogen-bond acceptors (Lipinski definition) is 6. The van der Waals surface area contributed by atoms with Crippen LogP contribution in [0, 0.1) is 6.92 Å². The molecule has 0 bridgehead atoms. The van der Waals surface area contributed by atoms with Crippen LogP contribution in [0.5, 0.6) is 0 Å². The van der Waals surface area contributed by atoms with Gasteiger partial charge in [0.05, 0.1) is 17.1 Å². The van der Waals surface area contributed by atoms with Gasteiger partial charge in [0.1, 0.15) is 10.6 Å². The van der Waals surface area contributed by atoms with E-state index in [0.717, 1.165) is 18.0 Å². The molecule has 0 spiro atoms. The first-order chi connectivity index (χ1) is 8.99. The Balaban J connectivity index is 2.11. The number of aromatic nitrogens is 1. The Hall–Kier alpha value is -1.40. The first-order valence-electron chi connectivity index (χ1n) is 6.22. The summed E-state index contributed by atoms with van der Waals surface area (Å²) in [5.74, 6) is -0.213. The number of thiazole rings is 1. The molecule has 1 aromatic rings. The molecule has 0 atom stereocenters. The van der Waals surface area contributed by atoms with Crippen LogP contribution in [0.15, 0.2) is 4.99 Å². The van der Waals surface area contributed by atoms with Gasteiger partial charge in [0, 0.05) is 6.54 Å². The summed E-state index contributed by atoms with van der Waals surface area (Å²) in [6.07, 6.45) is 0.996. The highest BCUT2D eigenvalue weighted by Crippen LogP contribution is 2.25. The van der Waals surface area contributed by atoms with Crippen molar-refractivity contribution in [3.8, 4) is 0 Å². The lowest BCUT2D eigenvalue weighted by Crippen LogP contribution is -2.27. The minimum Gasteiger partial charge on any atom is -0.309 e. The summed E-state index contributed by atoms with van der Waals surface area (Å²) in [4.78, 5) is 35.1. The molecular weight excluding hydrogens is 262 g/mol. The lowest BCUT2D eigenvalue weighted by Gasteiger charge is -2.11. The summed E-state index contributed by atoms with van der Waals surface area (Å²) in [5, 5.41) is 0.751. The molecule has 0 amide bonds. The number of ketones is 2. The van der Waals surface area contributed by atoms with Crippen LogP contribution in [0.2, 0.25) is 0 Å². The molecule has 0 fully saturated rings. The van der Waals surface area contributed by atoms with Crippen LogP contribution in [0.3, 0.4) is 0 Å². The molecule has 0 unspecified atom stereocenters. The van der Waals surface area contributed by atoms with E-state index >= 15 is 0 Å². The molecule has 2 rings (SSSR count). The molecule has 1 aromatic heterocycles. The second-order valence-electron chi connectivity index (χ2n) is 4.82. The first-order valence-corrected chi connectivity index (χ1v) is 7.04. The minimum atomic E-state index is -0.177. The standard InChI is InChI=1S/C13H17N3O2S/c1-8-15-11-12(18)9(7-10(17)13(11)19-8)14-5-4-6-16(2)3/h4-7H2,1-3H3. The third-order valence-electron chi connectivity index (χ3n) is 2.86. The summed E-state index contributed by atoms with van der Waals surface area (Å²) < 4.78 is 0. The smallest absolute Gasteiger partial charge is 0.227 e. The van der Waals surface area contributed by atoms with E-state index in [0.29, 0.717) is 22.8 Å². The van der Waals surface area contributed by atoms with E-state index in [-0.39, 0.29) is 18.0 Å². The van der Waals surface area contributed by atoms with E-state index in [1.807, 2.05) is 14.1 Å². The lowest BCUT2D eigenvalue weighted by atomic mass is 9.98. The summed E-state index contributed by atoms with van der Waals surface area (Å²) in [5.41, 5.74) is 0.659. The average molecular weight is 279 g/mol. The van der Waals surface area contributed by atoms with E-state index in [1.54, 1.807) is 6.92 Å². The molecule has 0 radical (unpaired) electrons. The van der Waals surface area contributed by atoms with E-state index in [9.17, 15) is 9.59 Å². The summed E-state index contributed by atoms with van der Waals surface area (Å²) >= 11 is 1.29. The topological polar surface area (TPSA) is 62.6 Å². The lowest BCUT2D eigenvalue weighted by molar-refractivity contribution is 0.0966. The molecule has 5 nitrogen and oxygen atoms in total. The third-order valence-corrected chi connectivity index (χ3v) is 3.87. The van der Waals surface area contributed by atoms with Crippen molar-refractivity contribution in [1.29, 1.82) is 0 Å². The normalized spacial score (nSPS) is 17.4. The number of carbonyl (C=O) groups excluding carboxylic acids is 2. The van der Waals surface area contributed by atoms with Crippen molar-refractivity contribution in [2.45, 2.75) is 19.8 Å². The molecule has 0 N–H and O–H groups in total. The Morgan fingerprint density at radius 2 is 2.11 bits per heavy atom. The van der Waals surface area contributed by atoms with Crippen LogP contribution in [-0.2, 0) is 0 Å². The van der Waals surface area contributed by atoms with E-state index < -0.39 is 0 Å². The van der Waals surface area contributed by atoms with Crippen LogP contribution in [0.4, 0.5) is 0 Å². The molecule has 0 aromatic carbocycles. The van der Waals surface area contributed by atoms with Crippen molar-refractivity contribution in [1.82, 2.24) is 9.88 Å². The Kier molecular flexibility index (Phi) is 4.21. The highest BCUT2D eigenvalue weighted by molar-refractivity contribution is 7.14. The van der Waals surface area contributed by atoms with Gasteiger partial charge in [-0.15, -0.1) is 11.3 Å². The number of aliphatic imine (C=N–C) groups is 1. The Morgan fingerprint density at radius 1 is 1.37 bits per heavy atom. The average Bonchev–Trinajstić information content (AvgIpc) is 2.73. The largest absolute Gasteiger partial charge is 0.309 e. The van der Waals surface area contributed by atoms with Crippen LogP contribution < -0.4 is 0 Å². The van der Waals surface area contributed by atoms with Gasteiger partial charge < -0.3 is 4.90 Å². The van der Waals surface area contributed by atoms with Crippen LogP contribution in [0.1, 0.15) is 38.0 Å². The Bertz CT molecular complexity index is 546. The fourth-order valence-electron chi connectivity index (χ4n) is 1.95. The van der Waals surface area contributed by atoms with Crippen LogP contribution in [0.25, 0.3) is 0 Å². The fourth-order valence-corrected chi connectivity index (χ4v) is 2.80. The third kappa shape index (κ3) is 3.13. The van der Waals surface area contributed by atoms with Gasteiger partial charge >= 0.3 is 0 Å². The fraction of sp³-hybridized carbons (Fsp3) is 0.538. The Labute approximate surface area is 116 Å². The zero-order chi connectivity index (χ0) is 14.0. The predicted molar refractivity (Wildman–Crippen MR) is 75.6 cm³/mol. The van der Waals surface area contributed by atoms with Crippen molar-refractivity contribution in [3.63, 3.8) is 0 Å². The quantitative estimate of drug-likeness (QED) is 0.786. The van der Waals surface area contributed by atoms with Gasteiger partial charge in [-0.05, 0) is 34.0 Å². The highest BCUT2D eigenvalue weighted by Gasteiger charge is 2.32. The maximum absolute atomic E-state index is 12.2. The number of carbonyl (C=O) groups is 2. The summed E-state index contributed by atoms with van der Waals surface area (Å²) in [6, 6.07) is 0. The van der Waals surface area contributed by atoms with Crippen molar-refractivity contribution >= 4 is 28.6 Å². The van der Waals surface area contributed by atoms with Crippen LogP contribution >= 0.6 is 11.3 Å². The van der Waals surface area contributed by atoms with E-state index in [4.69, 9.17) is 0 Å². The zero-order valence-electron chi connectivity index (χ0n) is 11.4. The molecule has 6 heteroatoms. The first kappa shape index (κ1) is 14.0. The number of nitrogens with zero attached hydrogens (tertiary/aromatic N) is 3. The number of Topliss-reactive ketones (excluding diaryl/α,β-unsaturated/α-hetero) is 2. The molecular formula is C13H17N3O2S. The maximum Gasteiger partial charge on any atom is 0.227 e. The van der Waals surface area contributed by atoms with E-state index in [2.05, 4.69) is 14.9 Å². The molecule has 0 saturated heterocycles. The second-order valence-corrected chi connectivity index (χ2v) is 6.03. The van der Waals surface area contributed by atoms with Gasteiger partial charge in [-0.3, -0.25) is 14.6 Å². The minimum absolute atomic E-state index is 0.0356. The summed E-state index contributed by atoms with van der Waals surface area (Å²) in [7, 11) is 3.99. The van der Waals surface area contributed by atoms with Gasteiger partial charge in [-0.2, -0.15) is 0 Å². The maximum atomic E-state index is 12.2. The molecule has 19 heavy (non-hydrogen) atoms. The monoisotopic (exact) mass is 279 g/mol. The number of aryl methyl sites for hydroxylation is 1. The summed E-state index contributed by atoms with van der Waals surface area (Å²) in [6.45, 7) is 3.29. The SMILES string of the molecule is Cc1nc2c(s1)C(=O)CC(=NCCCN(C)C)C2=O. The number of fused-ring (bicyclic) bond motifs is 1. The molecule has 1 heterocycles. The van der Waals surface area contributed by atoms with E-state index in [1.165, 1.54) is 11.3 Å². The molecule has 0 saturated carbocycles. The number of hydrogen-bond donors (Lipinski definition) is 0. The molecule has 102 valence electrons. The Morgan fingerprint density at radius 3 is 2.79 bits per heavy atom. The molecule has 1 aliphatic rings. The van der Waals surface area contributed by atoms with Gasteiger partial charge in [-0.1, -0.05) is 0 Å². The van der Waals surface area contributed by atoms with Gasteiger partial charge in [0.25, 0.3) is 0 Å². The number of rotatable bonds is 4. The zero-order valence-corrected chi connectivity index (χ0v) is 12.2. The van der Waals surface area contributed by atoms with Crippen molar-refractivity contribution in [2.75, 3.05) is 27.2 Å². The second kappa shape index (κ2) is 5.71. The highest BCUT2D eigenvalue weighted by atomic mass is 32.1.